The summed E-state index contributed by atoms with van der Waals surface area (Å²) in [6.45, 7) is 8.13. The van der Waals surface area contributed by atoms with Gasteiger partial charge in [-0.3, -0.25) is 0 Å². The van der Waals surface area contributed by atoms with Crippen molar-refractivity contribution in [2.24, 2.45) is 0 Å². The zero-order chi connectivity index (χ0) is 31.6. The Bertz CT molecular complexity index is 2070. The first-order valence-corrected chi connectivity index (χ1v) is 15.2. The van der Waals surface area contributed by atoms with E-state index in [1.807, 2.05) is 48.6 Å². The van der Waals surface area contributed by atoms with Gasteiger partial charge in [0.05, 0.1) is 37.0 Å². The van der Waals surface area contributed by atoms with Gasteiger partial charge in [-0.2, -0.15) is 0 Å². The first-order chi connectivity index (χ1) is 22.6. The standard InChI is InChI=1S/C40H34N4O2/c1-5-9-29-31-15-19-35(41-31)39(25-11-7-13-27(23-25)45-3)37-21-17-33(43-37)30(10-6-2)34-18-22-38(44-34)40(36-20-16-32(29)42-36)26-12-8-14-28(24-26)46-4/h5-8,11-24,41,44H,1-2,9-10H2,3-4H3. The molecule has 2 N–H and O–H groups in total. The molecule has 226 valence electrons. The van der Waals surface area contributed by atoms with Gasteiger partial charge in [-0.05, 0) is 96.8 Å². The minimum atomic E-state index is 0.644. The Morgan fingerprint density at radius 1 is 0.565 bits per heavy atom. The lowest BCUT2D eigenvalue weighted by atomic mass is 10.0. The average molecular weight is 603 g/mol. The number of fused-ring (bicyclic) bond motifs is 8. The van der Waals surface area contributed by atoms with E-state index in [9.17, 15) is 0 Å². The molecular weight excluding hydrogens is 568 g/mol. The third-order valence-corrected chi connectivity index (χ3v) is 8.39. The predicted molar refractivity (Wildman–Crippen MR) is 191 cm³/mol. The number of H-pyrrole nitrogens is 2. The van der Waals surface area contributed by atoms with Crippen LogP contribution in [0.4, 0.5) is 0 Å². The van der Waals surface area contributed by atoms with Gasteiger partial charge >= 0.3 is 0 Å². The molecule has 5 heterocycles. The average Bonchev–Trinajstić information content (AvgIpc) is 3.92. The number of rotatable bonds is 8. The molecule has 6 nitrogen and oxygen atoms in total. The third-order valence-electron chi connectivity index (χ3n) is 8.39. The zero-order valence-corrected chi connectivity index (χ0v) is 25.9. The Morgan fingerprint density at radius 3 is 1.39 bits per heavy atom. The second kappa shape index (κ2) is 12.3. The summed E-state index contributed by atoms with van der Waals surface area (Å²) in [6, 6.07) is 24.6. The van der Waals surface area contributed by atoms with E-state index in [1.54, 1.807) is 14.2 Å². The molecule has 0 amide bonds. The van der Waals surface area contributed by atoms with Crippen molar-refractivity contribution in [3.05, 3.63) is 132 Å². The van der Waals surface area contributed by atoms with Gasteiger partial charge in [0, 0.05) is 44.3 Å². The summed E-state index contributed by atoms with van der Waals surface area (Å²) in [5.41, 5.74) is 13.4. The van der Waals surface area contributed by atoms with Crippen molar-refractivity contribution in [3.8, 4) is 33.8 Å². The van der Waals surface area contributed by atoms with Crippen LogP contribution in [0, 0.1) is 0 Å². The molecule has 0 saturated carbocycles. The van der Waals surface area contributed by atoms with E-state index < -0.39 is 0 Å². The number of aromatic nitrogens is 4. The van der Waals surface area contributed by atoms with Crippen LogP contribution >= 0.6 is 0 Å². The lowest BCUT2D eigenvalue weighted by molar-refractivity contribution is 0.415. The largest absolute Gasteiger partial charge is 0.497 e. The minimum absolute atomic E-state index is 0.644. The van der Waals surface area contributed by atoms with E-state index >= 15 is 0 Å². The first-order valence-electron chi connectivity index (χ1n) is 15.2. The van der Waals surface area contributed by atoms with E-state index in [0.29, 0.717) is 12.8 Å². The number of hydrogen-bond donors (Lipinski definition) is 2. The van der Waals surface area contributed by atoms with Crippen molar-refractivity contribution in [2.75, 3.05) is 14.2 Å². The van der Waals surface area contributed by atoms with E-state index in [1.165, 1.54) is 0 Å². The second-order valence-electron chi connectivity index (χ2n) is 11.2. The van der Waals surface area contributed by atoms with Crippen molar-refractivity contribution < 1.29 is 9.47 Å². The Labute approximate surface area is 268 Å². The summed E-state index contributed by atoms with van der Waals surface area (Å²) in [5, 5.41) is 0. The maximum Gasteiger partial charge on any atom is 0.119 e. The molecule has 0 fully saturated rings. The molecule has 2 aromatic carbocycles. The quantitative estimate of drug-likeness (QED) is 0.170. The highest BCUT2D eigenvalue weighted by atomic mass is 16.5. The van der Waals surface area contributed by atoms with Crippen molar-refractivity contribution in [1.82, 2.24) is 19.9 Å². The van der Waals surface area contributed by atoms with E-state index in [2.05, 4.69) is 83.8 Å². The first kappa shape index (κ1) is 28.9. The fourth-order valence-electron chi connectivity index (χ4n) is 6.21. The summed E-state index contributed by atoms with van der Waals surface area (Å²) in [4.78, 5) is 17.9. The van der Waals surface area contributed by atoms with Gasteiger partial charge in [0.15, 0.2) is 0 Å². The van der Waals surface area contributed by atoms with Crippen molar-refractivity contribution in [2.45, 2.75) is 12.8 Å². The Morgan fingerprint density at radius 2 is 0.978 bits per heavy atom. The fraction of sp³-hybridized carbons (Fsp3) is 0.100. The monoisotopic (exact) mass is 602 g/mol. The van der Waals surface area contributed by atoms with Gasteiger partial charge in [0.2, 0.25) is 0 Å². The lowest BCUT2D eigenvalue weighted by Crippen LogP contribution is -1.92. The van der Waals surface area contributed by atoms with Crippen LogP contribution in [-0.4, -0.2) is 34.2 Å². The van der Waals surface area contributed by atoms with Gasteiger partial charge in [0.1, 0.15) is 11.5 Å². The molecule has 0 unspecified atom stereocenters. The number of nitrogens with zero attached hydrogens (tertiary/aromatic N) is 2. The smallest absolute Gasteiger partial charge is 0.119 e. The fourth-order valence-corrected chi connectivity index (χ4v) is 6.21. The van der Waals surface area contributed by atoms with Crippen molar-refractivity contribution in [3.63, 3.8) is 0 Å². The zero-order valence-electron chi connectivity index (χ0n) is 25.9. The molecule has 8 bridgehead atoms. The molecule has 2 aliphatic rings. The Kier molecular flexibility index (Phi) is 7.69. The molecule has 2 aliphatic heterocycles. The predicted octanol–water partition coefficient (Wildman–Crippen LogP) is 9.46. The van der Waals surface area contributed by atoms with Crippen LogP contribution in [0.1, 0.15) is 33.9 Å². The normalized spacial score (nSPS) is 11.9. The molecule has 0 atom stereocenters. The SMILES string of the molecule is C=CCc1c2nc(c(-c3cccc(OC)c3)c3ccc([nH]3)c(CC=C)c3nc(c(-c4cccc(OC)c4)c4ccc1[nH]4)C=C3)C=C2. The highest BCUT2D eigenvalue weighted by Crippen LogP contribution is 2.36. The summed E-state index contributed by atoms with van der Waals surface area (Å²) in [7, 11) is 3.37. The second-order valence-corrected chi connectivity index (χ2v) is 11.2. The third kappa shape index (κ3) is 5.24. The number of hydrogen-bond acceptors (Lipinski definition) is 4. The van der Waals surface area contributed by atoms with Crippen molar-refractivity contribution in [1.29, 1.82) is 0 Å². The molecule has 3 aromatic heterocycles. The molecule has 6 heteroatoms. The van der Waals surface area contributed by atoms with Crippen LogP contribution in [0.5, 0.6) is 11.5 Å². The van der Waals surface area contributed by atoms with Crippen LogP contribution in [0.25, 0.3) is 68.6 Å². The lowest BCUT2D eigenvalue weighted by Gasteiger charge is -2.07. The summed E-state index contributed by atoms with van der Waals surface area (Å²) in [6.07, 6.45) is 13.5. The van der Waals surface area contributed by atoms with Crippen LogP contribution in [0.2, 0.25) is 0 Å². The van der Waals surface area contributed by atoms with Crippen LogP contribution < -0.4 is 9.47 Å². The van der Waals surface area contributed by atoms with Gasteiger partial charge < -0.3 is 19.4 Å². The number of aromatic amines is 2. The Hall–Kier alpha value is -5.88. The van der Waals surface area contributed by atoms with Gasteiger partial charge in [-0.1, -0.05) is 36.4 Å². The number of nitrogens with one attached hydrogen (secondary N) is 2. The van der Waals surface area contributed by atoms with Gasteiger partial charge in [0.25, 0.3) is 0 Å². The van der Waals surface area contributed by atoms with E-state index in [0.717, 1.165) is 89.7 Å². The highest BCUT2D eigenvalue weighted by Gasteiger charge is 2.17. The maximum atomic E-state index is 5.60. The summed E-state index contributed by atoms with van der Waals surface area (Å²) < 4.78 is 11.2. The summed E-state index contributed by atoms with van der Waals surface area (Å²) >= 11 is 0. The highest BCUT2D eigenvalue weighted by molar-refractivity contribution is 5.94. The number of allylic oxidation sites excluding steroid dienone is 2. The number of benzene rings is 2. The summed E-state index contributed by atoms with van der Waals surface area (Å²) in [5.74, 6) is 1.56. The number of methoxy groups -OCH3 is 2. The van der Waals surface area contributed by atoms with Gasteiger partial charge in [-0.25, -0.2) is 9.97 Å². The molecular formula is C40H34N4O2. The topological polar surface area (TPSA) is 75.8 Å². The van der Waals surface area contributed by atoms with Crippen LogP contribution in [-0.2, 0) is 12.8 Å². The van der Waals surface area contributed by atoms with Crippen LogP contribution in [0.3, 0.4) is 0 Å². The van der Waals surface area contributed by atoms with Gasteiger partial charge in [-0.15, -0.1) is 13.2 Å². The molecule has 5 aromatic rings. The minimum Gasteiger partial charge on any atom is -0.497 e. The molecule has 0 radical (unpaired) electrons. The van der Waals surface area contributed by atoms with Crippen LogP contribution in [0.15, 0.2) is 98.1 Å². The maximum absolute atomic E-state index is 5.60. The molecule has 0 spiro atoms. The molecule has 0 saturated heterocycles. The molecule has 46 heavy (non-hydrogen) atoms. The van der Waals surface area contributed by atoms with E-state index in [-0.39, 0.29) is 0 Å². The van der Waals surface area contributed by atoms with Crippen molar-refractivity contribution >= 4 is 46.4 Å². The molecule has 0 aliphatic carbocycles. The Balaban J connectivity index is 1.65. The number of ether oxygens (including phenoxy) is 2. The molecule has 7 rings (SSSR count). The van der Waals surface area contributed by atoms with E-state index in [4.69, 9.17) is 19.4 Å².